The number of anilines is 1. The lowest BCUT2D eigenvalue weighted by atomic mass is 10.2. The lowest BCUT2D eigenvalue weighted by Gasteiger charge is -2.08. The Kier molecular flexibility index (Phi) is 6.39. The number of aromatic nitrogens is 3. The molecule has 1 N–H and O–H groups in total. The molecule has 134 valence electrons. The van der Waals surface area contributed by atoms with Crippen LogP contribution in [0.25, 0.3) is 0 Å². The van der Waals surface area contributed by atoms with Gasteiger partial charge in [-0.2, -0.15) is 0 Å². The van der Waals surface area contributed by atoms with Crippen molar-refractivity contribution < 1.29 is 4.79 Å². The summed E-state index contributed by atoms with van der Waals surface area (Å²) in [6.07, 6.45) is 1.67. The highest BCUT2D eigenvalue weighted by Gasteiger charge is 2.07. The third kappa shape index (κ3) is 5.12. The second kappa shape index (κ2) is 8.75. The van der Waals surface area contributed by atoms with E-state index in [0.717, 1.165) is 30.7 Å². The molecule has 3 aromatic rings. The number of nitrogens with one attached hydrogen (secondary N) is 1. The van der Waals surface area contributed by atoms with Crippen LogP contribution in [0.5, 0.6) is 0 Å². The van der Waals surface area contributed by atoms with Crippen molar-refractivity contribution in [2.45, 2.75) is 21.9 Å². The van der Waals surface area contributed by atoms with Crippen LogP contribution in [0, 0.1) is 6.92 Å². The van der Waals surface area contributed by atoms with Gasteiger partial charge in [0.1, 0.15) is 6.33 Å². The highest BCUT2D eigenvalue weighted by atomic mass is 79.9. The molecule has 2 aromatic carbocycles. The number of thioether (sulfide) groups is 1. The maximum atomic E-state index is 12.2. The van der Waals surface area contributed by atoms with E-state index in [-0.39, 0.29) is 5.91 Å². The predicted octanol–water partition coefficient (Wildman–Crippen LogP) is 4.77. The fourth-order valence-electron chi connectivity index (χ4n) is 2.19. The first-order valence-corrected chi connectivity index (χ1v) is 10.4. The molecule has 0 fully saturated rings. The second-order valence-electron chi connectivity index (χ2n) is 5.60. The summed E-state index contributed by atoms with van der Waals surface area (Å²) in [7, 11) is 1.90. The van der Waals surface area contributed by atoms with E-state index >= 15 is 0 Å². The molecule has 0 unspecified atom stereocenters. The SMILES string of the molecule is Cc1cc(Br)ccc1SCC(=O)Nc1ccc(Sc2nncn2C)cc1. The minimum absolute atomic E-state index is 0.0222. The molecule has 0 aliphatic rings. The summed E-state index contributed by atoms with van der Waals surface area (Å²) in [5, 5.41) is 11.7. The van der Waals surface area contributed by atoms with Crippen LogP contribution in [0.2, 0.25) is 0 Å². The predicted molar refractivity (Wildman–Crippen MR) is 110 cm³/mol. The number of aryl methyl sites for hydroxylation is 2. The van der Waals surface area contributed by atoms with Crippen LogP contribution < -0.4 is 5.32 Å². The molecule has 1 heterocycles. The zero-order valence-electron chi connectivity index (χ0n) is 14.3. The number of carbonyl (C=O) groups is 1. The van der Waals surface area contributed by atoms with Gasteiger partial charge in [-0.25, -0.2) is 0 Å². The standard InChI is InChI=1S/C18H17BrN4OS2/c1-12-9-13(19)3-8-16(12)25-10-17(24)21-14-4-6-15(7-5-14)26-18-22-20-11-23(18)2/h3-9,11H,10H2,1-2H3,(H,21,24). The van der Waals surface area contributed by atoms with Gasteiger partial charge in [-0.3, -0.25) is 4.79 Å². The van der Waals surface area contributed by atoms with Crippen LogP contribution in [0.15, 0.2) is 68.2 Å². The second-order valence-corrected chi connectivity index (χ2v) is 8.57. The third-order valence-electron chi connectivity index (χ3n) is 3.51. The summed E-state index contributed by atoms with van der Waals surface area (Å²) in [6.45, 7) is 2.04. The van der Waals surface area contributed by atoms with E-state index in [2.05, 4.69) is 31.4 Å². The Labute approximate surface area is 169 Å². The van der Waals surface area contributed by atoms with E-state index in [1.54, 1.807) is 6.33 Å². The van der Waals surface area contributed by atoms with Crippen molar-refractivity contribution in [3.8, 4) is 0 Å². The van der Waals surface area contributed by atoms with Crippen molar-refractivity contribution >= 4 is 51.0 Å². The van der Waals surface area contributed by atoms with Crippen molar-refractivity contribution in [1.29, 1.82) is 0 Å². The number of carbonyl (C=O) groups excluding carboxylic acids is 1. The number of halogens is 1. The average Bonchev–Trinajstić information content (AvgIpc) is 3.01. The van der Waals surface area contributed by atoms with E-state index in [9.17, 15) is 4.79 Å². The number of benzene rings is 2. The summed E-state index contributed by atoms with van der Waals surface area (Å²) in [6, 6.07) is 13.8. The average molecular weight is 449 g/mol. The van der Waals surface area contributed by atoms with Crippen molar-refractivity contribution in [3.63, 3.8) is 0 Å². The number of hydrogen-bond acceptors (Lipinski definition) is 5. The van der Waals surface area contributed by atoms with E-state index in [4.69, 9.17) is 0 Å². The van der Waals surface area contributed by atoms with Gasteiger partial charge in [0.25, 0.3) is 0 Å². The van der Waals surface area contributed by atoms with E-state index < -0.39 is 0 Å². The molecular formula is C18H17BrN4OS2. The van der Waals surface area contributed by atoms with Gasteiger partial charge in [0.15, 0.2) is 5.16 Å². The minimum atomic E-state index is -0.0222. The van der Waals surface area contributed by atoms with Crippen molar-refractivity contribution in [3.05, 3.63) is 58.8 Å². The van der Waals surface area contributed by atoms with Gasteiger partial charge in [0, 0.05) is 27.0 Å². The summed E-state index contributed by atoms with van der Waals surface area (Å²) in [4.78, 5) is 14.3. The highest BCUT2D eigenvalue weighted by Crippen LogP contribution is 2.27. The molecule has 0 spiro atoms. The summed E-state index contributed by atoms with van der Waals surface area (Å²) >= 11 is 6.51. The van der Waals surface area contributed by atoms with Crippen LogP contribution in [0.3, 0.4) is 0 Å². The molecule has 0 saturated carbocycles. The molecule has 26 heavy (non-hydrogen) atoms. The van der Waals surface area contributed by atoms with Crippen LogP contribution in [-0.2, 0) is 11.8 Å². The van der Waals surface area contributed by atoms with Crippen molar-refractivity contribution in [2.24, 2.45) is 7.05 Å². The largest absolute Gasteiger partial charge is 0.325 e. The van der Waals surface area contributed by atoms with Crippen LogP contribution in [-0.4, -0.2) is 26.4 Å². The number of rotatable bonds is 6. The van der Waals surface area contributed by atoms with E-state index in [1.807, 2.05) is 61.0 Å². The van der Waals surface area contributed by atoms with Gasteiger partial charge in [0.2, 0.25) is 5.91 Å². The molecule has 1 amide bonds. The van der Waals surface area contributed by atoms with Gasteiger partial charge in [-0.15, -0.1) is 22.0 Å². The minimum Gasteiger partial charge on any atom is -0.325 e. The molecule has 5 nitrogen and oxygen atoms in total. The Hall–Kier alpha value is -1.77. The Morgan fingerprint density at radius 1 is 1.23 bits per heavy atom. The van der Waals surface area contributed by atoms with Crippen molar-refractivity contribution in [2.75, 3.05) is 11.1 Å². The van der Waals surface area contributed by atoms with Crippen LogP contribution in [0.1, 0.15) is 5.56 Å². The lowest BCUT2D eigenvalue weighted by molar-refractivity contribution is -0.113. The quantitative estimate of drug-likeness (QED) is 0.550. The molecule has 0 atom stereocenters. The van der Waals surface area contributed by atoms with Gasteiger partial charge < -0.3 is 9.88 Å². The van der Waals surface area contributed by atoms with Crippen LogP contribution in [0.4, 0.5) is 5.69 Å². The monoisotopic (exact) mass is 448 g/mol. The first-order valence-electron chi connectivity index (χ1n) is 7.82. The Balaban J connectivity index is 1.53. The van der Waals surface area contributed by atoms with Crippen LogP contribution >= 0.6 is 39.5 Å². The summed E-state index contributed by atoms with van der Waals surface area (Å²) < 4.78 is 2.91. The number of hydrogen-bond donors (Lipinski definition) is 1. The molecule has 0 bridgehead atoms. The normalized spacial score (nSPS) is 10.7. The highest BCUT2D eigenvalue weighted by molar-refractivity contribution is 9.10. The summed E-state index contributed by atoms with van der Waals surface area (Å²) in [5.41, 5.74) is 1.94. The Morgan fingerprint density at radius 3 is 2.65 bits per heavy atom. The summed E-state index contributed by atoms with van der Waals surface area (Å²) in [5.74, 6) is 0.351. The van der Waals surface area contributed by atoms with Gasteiger partial charge in [-0.05, 0) is 66.7 Å². The zero-order valence-corrected chi connectivity index (χ0v) is 17.5. The van der Waals surface area contributed by atoms with E-state index in [0.29, 0.717) is 5.75 Å². The fraction of sp³-hybridized carbons (Fsp3) is 0.167. The van der Waals surface area contributed by atoms with Gasteiger partial charge in [0.05, 0.1) is 5.75 Å². The molecule has 3 rings (SSSR count). The first-order chi connectivity index (χ1) is 12.5. The Morgan fingerprint density at radius 2 is 2.00 bits per heavy atom. The topological polar surface area (TPSA) is 59.8 Å². The van der Waals surface area contributed by atoms with Crippen molar-refractivity contribution in [1.82, 2.24) is 14.8 Å². The fourth-order valence-corrected chi connectivity index (χ4v) is 4.24. The maximum absolute atomic E-state index is 12.2. The number of nitrogens with zero attached hydrogens (tertiary/aromatic N) is 3. The van der Waals surface area contributed by atoms with Gasteiger partial charge >= 0.3 is 0 Å². The maximum Gasteiger partial charge on any atom is 0.234 e. The first kappa shape index (κ1) is 19.0. The lowest BCUT2D eigenvalue weighted by Crippen LogP contribution is -2.13. The molecular weight excluding hydrogens is 432 g/mol. The molecule has 0 aliphatic heterocycles. The molecule has 1 aromatic heterocycles. The smallest absolute Gasteiger partial charge is 0.234 e. The molecule has 8 heteroatoms. The third-order valence-corrected chi connectivity index (χ3v) is 6.24. The molecule has 0 saturated heterocycles. The zero-order chi connectivity index (χ0) is 18.5. The number of amides is 1. The van der Waals surface area contributed by atoms with Gasteiger partial charge in [-0.1, -0.05) is 15.9 Å². The Bertz CT molecular complexity index is 912. The molecule has 0 radical (unpaired) electrons. The molecule has 0 aliphatic carbocycles. The van der Waals surface area contributed by atoms with E-state index in [1.165, 1.54) is 23.5 Å².